The minimum atomic E-state index is 0.535. The van der Waals surface area contributed by atoms with E-state index in [1.54, 1.807) is 0 Å². The molecule has 1 aromatic rings. The molecule has 0 aliphatic carbocycles. The largest absolute Gasteiger partial charge is 0.311 e. The molecule has 0 aromatic heterocycles. The van der Waals surface area contributed by atoms with Gasteiger partial charge in [-0.2, -0.15) is 11.8 Å². The number of halogens is 1. The lowest BCUT2D eigenvalue weighted by Gasteiger charge is -2.19. The molecule has 0 spiro atoms. The van der Waals surface area contributed by atoms with E-state index in [1.165, 1.54) is 17.7 Å². The quantitative estimate of drug-likeness (QED) is 0.812. The van der Waals surface area contributed by atoms with Crippen molar-refractivity contribution in [3.05, 3.63) is 34.3 Å². The Morgan fingerprint density at radius 3 is 2.41 bits per heavy atom. The first-order valence-corrected chi connectivity index (χ1v) is 8.30. The molecule has 0 radical (unpaired) electrons. The lowest BCUT2D eigenvalue weighted by Crippen LogP contribution is -2.36. The molecule has 0 saturated heterocycles. The van der Waals surface area contributed by atoms with Gasteiger partial charge in [0.05, 0.1) is 0 Å². The third kappa shape index (κ3) is 6.49. The molecule has 0 aliphatic heterocycles. The second kappa shape index (κ2) is 8.17. The average molecular weight is 316 g/mol. The maximum atomic E-state index is 3.65. The molecule has 1 N–H and O–H groups in total. The van der Waals surface area contributed by atoms with E-state index in [2.05, 4.69) is 65.6 Å². The fourth-order valence-corrected chi connectivity index (χ4v) is 2.75. The molecule has 0 fully saturated rings. The fourth-order valence-electron chi connectivity index (χ4n) is 1.90. The molecule has 2 unspecified atom stereocenters. The summed E-state index contributed by atoms with van der Waals surface area (Å²) in [7, 11) is 0. The zero-order valence-electron chi connectivity index (χ0n) is 10.9. The Hall–Kier alpha value is 0.01000. The molecule has 0 aliphatic rings. The molecular weight excluding hydrogens is 294 g/mol. The lowest BCUT2D eigenvalue weighted by molar-refractivity contribution is 0.457. The van der Waals surface area contributed by atoms with Crippen LogP contribution in [-0.2, 0) is 6.42 Å². The molecule has 0 bridgehead atoms. The number of nitrogens with one attached hydrogen (secondary N) is 1. The van der Waals surface area contributed by atoms with E-state index in [-0.39, 0.29) is 0 Å². The van der Waals surface area contributed by atoms with Crippen LogP contribution in [0.1, 0.15) is 25.8 Å². The van der Waals surface area contributed by atoms with Crippen LogP contribution in [0.4, 0.5) is 0 Å². The minimum absolute atomic E-state index is 0.535. The molecule has 0 saturated carbocycles. The summed E-state index contributed by atoms with van der Waals surface area (Å²) < 4.78 is 1.15. The van der Waals surface area contributed by atoms with Crippen LogP contribution in [0.25, 0.3) is 0 Å². The number of thioether (sulfide) groups is 1. The van der Waals surface area contributed by atoms with E-state index < -0.39 is 0 Å². The zero-order valence-corrected chi connectivity index (χ0v) is 13.3. The Balaban J connectivity index is 2.33. The Bertz CT molecular complexity index is 313. The molecule has 3 heteroatoms. The van der Waals surface area contributed by atoms with Gasteiger partial charge in [0.1, 0.15) is 0 Å². The van der Waals surface area contributed by atoms with Gasteiger partial charge in [-0.05, 0) is 56.4 Å². The highest BCUT2D eigenvalue weighted by Gasteiger charge is 2.07. The second-order valence-electron chi connectivity index (χ2n) is 4.58. The van der Waals surface area contributed by atoms with E-state index in [9.17, 15) is 0 Å². The maximum Gasteiger partial charge on any atom is 0.0175 e. The van der Waals surface area contributed by atoms with E-state index >= 15 is 0 Å². The summed E-state index contributed by atoms with van der Waals surface area (Å²) in [6.07, 6.45) is 4.50. The number of rotatable bonds is 7. The predicted octanol–water partition coefficient (Wildman–Crippen LogP) is 4.11. The van der Waals surface area contributed by atoms with Crippen LogP contribution >= 0.6 is 27.7 Å². The van der Waals surface area contributed by atoms with Crippen molar-refractivity contribution in [3.8, 4) is 0 Å². The van der Waals surface area contributed by atoms with Crippen molar-refractivity contribution in [2.75, 3.05) is 12.0 Å². The summed E-state index contributed by atoms with van der Waals surface area (Å²) in [5.41, 5.74) is 1.39. The summed E-state index contributed by atoms with van der Waals surface area (Å²) in [6, 6.07) is 9.74. The molecule has 0 heterocycles. The molecule has 1 nitrogen and oxygen atoms in total. The first-order chi connectivity index (χ1) is 8.11. The fraction of sp³-hybridized carbons (Fsp3) is 0.571. The van der Waals surface area contributed by atoms with Gasteiger partial charge in [0.2, 0.25) is 0 Å². The number of benzene rings is 1. The van der Waals surface area contributed by atoms with Crippen LogP contribution in [0.2, 0.25) is 0 Å². The predicted molar refractivity (Wildman–Crippen MR) is 82.9 cm³/mol. The van der Waals surface area contributed by atoms with Crippen LogP contribution in [0.15, 0.2) is 28.7 Å². The Labute approximate surface area is 118 Å². The molecule has 1 aromatic carbocycles. The summed E-state index contributed by atoms with van der Waals surface area (Å²) in [6.45, 7) is 4.53. The molecular formula is C14H22BrNS. The van der Waals surface area contributed by atoms with Gasteiger partial charge < -0.3 is 5.32 Å². The van der Waals surface area contributed by atoms with Gasteiger partial charge >= 0.3 is 0 Å². The molecule has 0 amide bonds. The number of hydrogen-bond donors (Lipinski definition) is 1. The normalized spacial score (nSPS) is 14.6. The molecule has 1 rings (SSSR count). The van der Waals surface area contributed by atoms with Crippen molar-refractivity contribution < 1.29 is 0 Å². The van der Waals surface area contributed by atoms with Crippen LogP contribution in [0.3, 0.4) is 0 Å². The smallest absolute Gasteiger partial charge is 0.0175 e. The second-order valence-corrected chi connectivity index (χ2v) is 6.48. The topological polar surface area (TPSA) is 12.0 Å². The first kappa shape index (κ1) is 15.1. The van der Waals surface area contributed by atoms with Gasteiger partial charge in [0.15, 0.2) is 0 Å². The third-order valence-corrected chi connectivity index (χ3v) is 3.95. The van der Waals surface area contributed by atoms with Crippen LogP contribution < -0.4 is 5.32 Å². The van der Waals surface area contributed by atoms with Crippen LogP contribution in [-0.4, -0.2) is 24.1 Å². The van der Waals surface area contributed by atoms with Crippen molar-refractivity contribution in [2.45, 2.75) is 38.8 Å². The van der Waals surface area contributed by atoms with Crippen LogP contribution in [0.5, 0.6) is 0 Å². The highest BCUT2D eigenvalue weighted by molar-refractivity contribution is 9.10. The SMILES string of the molecule is CSCCC(C)NC(C)Cc1ccc(Br)cc1. The monoisotopic (exact) mass is 315 g/mol. The van der Waals surface area contributed by atoms with Gasteiger partial charge in [0.25, 0.3) is 0 Å². The molecule has 17 heavy (non-hydrogen) atoms. The average Bonchev–Trinajstić information content (AvgIpc) is 2.29. The Morgan fingerprint density at radius 2 is 1.82 bits per heavy atom. The zero-order chi connectivity index (χ0) is 12.7. The number of hydrogen-bond acceptors (Lipinski definition) is 2. The van der Waals surface area contributed by atoms with Gasteiger partial charge in [-0.25, -0.2) is 0 Å². The van der Waals surface area contributed by atoms with E-state index in [0.29, 0.717) is 12.1 Å². The van der Waals surface area contributed by atoms with Gasteiger partial charge in [-0.1, -0.05) is 28.1 Å². The highest BCUT2D eigenvalue weighted by atomic mass is 79.9. The van der Waals surface area contributed by atoms with E-state index in [0.717, 1.165) is 10.9 Å². The van der Waals surface area contributed by atoms with E-state index in [4.69, 9.17) is 0 Å². The van der Waals surface area contributed by atoms with E-state index in [1.807, 2.05) is 11.8 Å². The molecule has 2 atom stereocenters. The highest BCUT2D eigenvalue weighted by Crippen LogP contribution is 2.12. The standard InChI is InChI=1S/C14H22BrNS/c1-11(8-9-17-3)16-12(2)10-13-4-6-14(15)7-5-13/h4-7,11-12,16H,8-10H2,1-3H3. The van der Waals surface area contributed by atoms with Crippen molar-refractivity contribution in [1.29, 1.82) is 0 Å². The van der Waals surface area contributed by atoms with Crippen molar-refractivity contribution >= 4 is 27.7 Å². The molecule has 96 valence electrons. The Kier molecular flexibility index (Phi) is 7.24. The first-order valence-electron chi connectivity index (χ1n) is 6.11. The summed E-state index contributed by atoms with van der Waals surface area (Å²) in [5.74, 6) is 1.24. The summed E-state index contributed by atoms with van der Waals surface area (Å²) in [4.78, 5) is 0. The van der Waals surface area contributed by atoms with Crippen LogP contribution in [0, 0.1) is 0 Å². The minimum Gasteiger partial charge on any atom is -0.311 e. The van der Waals surface area contributed by atoms with Gasteiger partial charge in [-0.3, -0.25) is 0 Å². The van der Waals surface area contributed by atoms with Gasteiger partial charge in [-0.15, -0.1) is 0 Å². The summed E-state index contributed by atoms with van der Waals surface area (Å²) in [5, 5.41) is 3.65. The van der Waals surface area contributed by atoms with Crippen molar-refractivity contribution in [2.24, 2.45) is 0 Å². The van der Waals surface area contributed by atoms with Gasteiger partial charge in [0, 0.05) is 16.6 Å². The Morgan fingerprint density at radius 1 is 1.18 bits per heavy atom. The summed E-state index contributed by atoms with van der Waals surface area (Å²) >= 11 is 5.38. The van der Waals surface area contributed by atoms with Crippen molar-refractivity contribution in [1.82, 2.24) is 5.32 Å². The van der Waals surface area contributed by atoms with Crippen molar-refractivity contribution in [3.63, 3.8) is 0 Å². The third-order valence-electron chi connectivity index (χ3n) is 2.78. The maximum absolute atomic E-state index is 3.65. The lowest BCUT2D eigenvalue weighted by atomic mass is 10.1.